The first kappa shape index (κ1) is 11.5. The summed E-state index contributed by atoms with van der Waals surface area (Å²) < 4.78 is 5.47. The molecule has 1 saturated heterocycles. The summed E-state index contributed by atoms with van der Waals surface area (Å²) in [7, 11) is 0. The van der Waals surface area contributed by atoms with Crippen LogP contribution in [-0.2, 0) is 9.53 Å². The Morgan fingerprint density at radius 1 is 1.57 bits per heavy atom. The molecule has 4 nitrogen and oxygen atoms in total. The molecule has 1 heterocycles. The van der Waals surface area contributed by atoms with E-state index in [-0.39, 0.29) is 12.0 Å². The molecule has 1 aliphatic heterocycles. The van der Waals surface area contributed by atoms with Gasteiger partial charge >= 0.3 is 0 Å². The molecule has 0 unspecified atom stereocenters. The van der Waals surface area contributed by atoms with Crippen LogP contribution in [0.25, 0.3) is 0 Å². The topological polar surface area (TPSA) is 49.8 Å². The molecule has 0 radical (unpaired) electrons. The van der Waals surface area contributed by atoms with E-state index >= 15 is 0 Å². The standard InChI is InChI=1S/C10H19NO3/c1-3-14-9-4-6-11(7-5-9)10(13)8(2)12/h8-9,12H,3-7H2,1-2H3/t8-/m1/s1. The maximum absolute atomic E-state index is 11.4. The van der Waals surface area contributed by atoms with Gasteiger partial charge in [-0.2, -0.15) is 0 Å². The highest BCUT2D eigenvalue weighted by molar-refractivity contribution is 5.80. The molecule has 0 aromatic carbocycles. The van der Waals surface area contributed by atoms with E-state index in [1.807, 2.05) is 6.92 Å². The van der Waals surface area contributed by atoms with E-state index in [1.165, 1.54) is 6.92 Å². The quantitative estimate of drug-likeness (QED) is 0.719. The maximum Gasteiger partial charge on any atom is 0.251 e. The fraction of sp³-hybridized carbons (Fsp3) is 0.900. The van der Waals surface area contributed by atoms with Crippen molar-refractivity contribution in [2.24, 2.45) is 0 Å². The van der Waals surface area contributed by atoms with Gasteiger partial charge in [-0.1, -0.05) is 0 Å². The molecule has 0 spiro atoms. The SMILES string of the molecule is CCOC1CCN(C(=O)[C@@H](C)O)CC1. The van der Waals surface area contributed by atoms with Crippen LogP contribution in [0.4, 0.5) is 0 Å². The number of likely N-dealkylation sites (tertiary alicyclic amines) is 1. The highest BCUT2D eigenvalue weighted by atomic mass is 16.5. The zero-order chi connectivity index (χ0) is 10.6. The van der Waals surface area contributed by atoms with Gasteiger partial charge in [0.1, 0.15) is 6.10 Å². The minimum Gasteiger partial charge on any atom is -0.384 e. The van der Waals surface area contributed by atoms with Crippen LogP contribution in [0.3, 0.4) is 0 Å². The fourth-order valence-corrected chi connectivity index (χ4v) is 1.74. The molecule has 4 heteroatoms. The molecule has 0 aromatic heterocycles. The minimum absolute atomic E-state index is 0.167. The van der Waals surface area contributed by atoms with Crippen LogP contribution in [0.1, 0.15) is 26.7 Å². The zero-order valence-corrected chi connectivity index (χ0v) is 8.90. The number of amides is 1. The van der Waals surface area contributed by atoms with E-state index < -0.39 is 6.10 Å². The monoisotopic (exact) mass is 201 g/mol. The lowest BCUT2D eigenvalue weighted by Crippen LogP contribution is -2.44. The summed E-state index contributed by atoms with van der Waals surface area (Å²) in [4.78, 5) is 13.1. The second kappa shape index (κ2) is 5.32. The molecule has 1 amide bonds. The van der Waals surface area contributed by atoms with E-state index in [0.717, 1.165) is 19.4 Å². The molecule has 14 heavy (non-hydrogen) atoms. The number of aliphatic hydroxyl groups excluding tert-OH is 1. The van der Waals surface area contributed by atoms with Gasteiger partial charge in [-0.3, -0.25) is 4.79 Å². The average molecular weight is 201 g/mol. The van der Waals surface area contributed by atoms with E-state index in [0.29, 0.717) is 13.1 Å². The van der Waals surface area contributed by atoms with Gasteiger partial charge < -0.3 is 14.7 Å². The Balaban J connectivity index is 2.32. The van der Waals surface area contributed by atoms with Crippen molar-refractivity contribution in [2.75, 3.05) is 19.7 Å². The molecule has 1 N–H and O–H groups in total. The summed E-state index contributed by atoms with van der Waals surface area (Å²) in [6, 6.07) is 0. The Bertz CT molecular complexity index is 186. The van der Waals surface area contributed by atoms with E-state index in [1.54, 1.807) is 4.90 Å². The molecule has 1 aliphatic rings. The fourth-order valence-electron chi connectivity index (χ4n) is 1.74. The Labute approximate surface area is 84.8 Å². The predicted octanol–water partition coefficient (Wildman–Crippen LogP) is 0.395. The second-order valence-electron chi connectivity index (χ2n) is 3.66. The number of carbonyl (C=O) groups is 1. The number of carbonyl (C=O) groups excluding carboxylic acids is 1. The van der Waals surface area contributed by atoms with Crippen molar-refractivity contribution in [3.05, 3.63) is 0 Å². The first-order chi connectivity index (χ1) is 6.65. The Kier molecular flexibility index (Phi) is 4.35. The highest BCUT2D eigenvalue weighted by Crippen LogP contribution is 2.14. The van der Waals surface area contributed by atoms with Crippen LogP contribution in [0.2, 0.25) is 0 Å². The predicted molar refractivity (Wildman–Crippen MR) is 52.9 cm³/mol. The molecule has 1 fully saturated rings. The molecule has 0 bridgehead atoms. The van der Waals surface area contributed by atoms with E-state index in [9.17, 15) is 4.79 Å². The summed E-state index contributed by atoms with van der Waals surface area (Å²) >= 11 is 0. The van der Waals surface area contributed by atoms with Crippen LogP contribution >= 0.6 is 0 Å². The smallest absolute Gasteiger partial charge is 0.251 e. The molecule has 0 saturated carbocycles. The highest BCUT2D eigenvalue weighted by Gasteiger charge is 2.24. The summed E-state index contributed by atoms with van der Waals surface area (Å²) in [6.45, 7) is 5.63. The van der Waals surface area contributed by atoms with Crippen LogP contribution in [0, 0.1) is 0 Å². The molecule has 1 rings (SSSR count). The van der Waals surface area contributed by atoms with Crippen LogP contribution in [-0.4, -0.2) is 47.8 Å². The normalized spacial score (nSPS) is 20.9. The first-order valence-corrected chi connectivity index (χ1v) is 5.23. The van der Waals surface area contributed by atoms with Crippen molar-refractivity contribution in [3.63, 3.8) is 0 Å². The van der Waals surface area contributed by atoms with Crippen molar-refractivity contribution in [1.29, 1.82) is 0 Å². The molecular weight excluding hydrogens is 182 g/mol. The van der Waals surface area contributed by atoms with Gasteiger partial charge in [0.15, 0.2) is 0 Å². The zero-order valence-electron chi connectivity index (χ0n) is 8.90. The lowest BCUT2D eigenvalue weighted by molar-refractivity contribution is -0.141. The van der Waals surface area contributed by atoms with Gasteiger partial charge in [0.05, 0.1) is 6.10 Å². The molecule has 1 atom stereocenters. The minimum atomic E-state index is -0.876. The van der Waals surface area contributed by atoms with Gasteiger partial charge in [-0.25, -0.2) is 0 Å². The number of aliphatic hydroxyl groups is 1. The molecular formula is C10H19NO3. The van der Waals surface area contributed by atoms with Crippen LogP contribution < -0.4 is 0 Å². The third-order valence-electron chi connectivity index (χ3n) is 2.51. The Hall–Kier alpha value is -0.610. The first-order valence-electron chi connectivity index (χ1n) is 5.23. The Morgan fingerprint density at radius 3 is 2.57 bits per heavy atom. The van der Waals surface area contributed by atoms with E-state index in [2.05, 4.69) is 0 Å². The van der Waals surface area contributed by atoms with Gasteiger partial charge in [0.25, 0.3) is 5.91 Å². The number of hydrogen-bond donors (Lipinski definition) is 1. The molecule has 82 valence electrons. The number of piperidine rings is 1. The summed E-state index contributed by atoms with van der Waals surface area (Å²) in [5, 5.41) is 9.12. The van der Waals surface area contributed by atoms with Gasteiger partial charge in [-0.15, -0.1) is 0 Å². The second-order valence-corrected chi connectivity index (χ2v) is 3.66. The summed E-state index contributed by atoms with van der Waals surface area (Å²) in [5.41, 5.74) is 0. The lowest BCUT2D eigenvalue weighted by atomic mass is 10.1. The van der Waals surface area contributed by atoms with Gasteiger partial charge in [0, 0.05) is 19.7 Å². The van der Waals surface area contributed by atoms with E-state index in [4.69, 9.17) is 9.84 Å². The van der Waals surface area contributed by atoms with Crippen molar-refractivity contribution < 1.29 is 14.6 Å². The lowest BCUT2D eigenvalue weighted by Gasteiger charge is -2.32. The average Bonchev–Trinajstić information content (AvgIpc) is 2.18. The summed E-state index contributed by atoms with van der Waals surface area (Å²) in [6.07, 6.45) is 1.18. The van der Waals surface area contributed by atoms with Gasteiger partial charge in [0.2, 0.25) is 0 Å². The Morgan fingerprint density at radius 2 is 2.14 bits per heavy atom. The van der Waals surface area contributed by atoms with Crippen molar-refractivity contribution in [1.82, 2.24) is 4.90 Å². The van der Waals surface area contributed by atoms with Crippen molar-refractivity contribution in [3.8, 4) is 0 Å². The number of ether oxygens (including phenoxy) is 1. The third kappa shape index (κ3) is 2.96. The van der Waals surface area contributed by atoms with Crippen molar-refractivity contribution in [2.45, 2.75) is 38.9 Å². The van der Waals surface area contributed by atoms with Crippen LogP contribution in [0.5, 0.6) is 0 Å². The molecule has 0 aromatic rings. The maximum atomic E-state index is 11.4. The van der Waals surface area contributed by atoms with Gasteiger partial charge in [-0.05, 0) is 26.7 Å². The molecule has 0 aliphatic carbocycles. The largest absolute Gasteiger partial charge is 0.384 e. The number of nitrogens with zero attached hydrogens (tertiary/aromatic N) is 1. The number of hydrogen-bond acceptors (Lipinski definition) is 3. The third-order valence-corrected chi connectivity index (χ3v) is 2.51. The number of rotatable bonds is 3. The van der Waals surface area contributed by atoms with Crippen LogP contribution in [0.15, 0.2) is 0 Å². The summed E-state index contributed by atoms with van der Waals surface area (Å²) in [5.74, 6) is -0.167. The van der Waals surface area contributed by atoms with Crippen molar-refractivity contribution >= 4 is 5.91 Å².